The van der Waals surface area contributed by atoms with Crippen LogP contribution in [0.4, 0.5) is 0 Å². The lowest BCUT2D eigenvalue weighted by atomic mass is 9.43. The molecule has 3 rings (SSSR count). The molecule has 22 heavy (non-hydrogen) atoms. The SMILES string of the molecule is C#C[C@]12C=C(C)C(=O)C=C1[C@@]1(C)CC[C@H](C)C(C)(C)[C@@H]1CC2. The third kappa shape index (κ3) is 1.82. The lowest BCUT2D eigenvalue weighted by Crippen LogP contribution is -2.53. The van der Waals surface area contributed by atoms with Crippen LogP contribution in [0.5, 0.6) is 0 Å². The van der Waals surface area contributed by atoms with Gasteiger partial charge in [0, 0.05) is 0 Å². The molecule has 0 aliphatic heterocycles. The third-order valence-electron chi connectivity index (χ3n) is 7.34. The van der Waals surface area contributed by atoms with Crippen LogP contribution in [0, 0.1) is 40.4 Å². The molecule has 0 N–H and O–H groups in total. The van der Waals surface area contributed by atoms with Crippen LogP contribution in [0.2, 0.25) is 0 Å². The minimum atomic E-state index is -0.320. The fraction of sp³-hybridized carbons (Fsp3) is 0.667. The van der Waals surface area contributed by atoms with E-state index in [-0.39, 0.29) is 16.6 Å². The molecule has 0 saturated heterocycles. The summed E-state index contributed by atoms with van der Waals surface area (Å²) in [4.78, 5) is 12.3. The van der Waals surface area contributed by atoms with Crippen LogP contribution in [0.3, 0.4) is 0 Å². The molecule has 0 heterocycles. The summed E-state index contributed by atoms with van der Waals surface area (Å²) in [5.74, 6) is 4.55. The molecule has 0 amide bonds. The minimum absolute atomic E-state index is 0.0630. The molecule has 2 fully saturated rings. The molecule has 0 aromatic heterocycles. The average molecular weight is 296 g/mol. The number of ketones is 1. The molecule has 0 aromatic carbocycles. The summed E-state index contributed by atoms with van der Waals surface area (Å²) in [6, 6.07) is 0. The zero-order valence-electron chi connectivity index (χ0n) is 14.6. The van der Waals surface area contributed by atoms with Gasteiger partial charge < -0.3 is 0 Å². The Bertz CT molecular complexity index is 627. The quantitative estimate of drug-likeness (QED) is 0.579. The van der Waals surface area contributed by atoms with Gasteiger partial charge in [0.1, 0.15) is 0 Å². The fourth-order valence-corrected chi connectivity index (χ4v) is 5.58. The molecule has 0 aromatic rings. The van der Waals surface area contributed by atoms with Crippen LogP contribution < -0.4 is 0 Å². The van der Waals surface area contributed by atoms with E-state index in [1.165, 1.54) is 12.0 Å². The van der Waals surface area contributed by atoms with Gasteiger partial charge in [0.05, 0.1) is 5.41 Å². The van der Waals surface area contributed by atoms with E-state index < -0.39 is 0 Å². The minimum Gasteiger partial charge on any atom is -0.290 e. The van der Waals surface area contributed by atoms with Crippen LogP contribution in [0.25, 0.3) is 0 Å². The highest BCUT2D eigenvalue weighted by molar-refractivity contribution is 6.05. The number of hydrogen-bond donors (Lipinski definition) is 0. The first-order chi connectivity index (χ1) is 10.2. The van der Waals surface area contributed by atoms with E-state index in [1.807, 2.05) is 13.0 Å². The highest BCUT2D eigenvalue weighted by Gasteiger charge is 2.58. The molecule has 0 spiro atoms. The summed E-state index contributed by atoms with van der Waals surface area (Å²) in [7, 11) is 0. The van der Waals surface area contributed by atoms with Gasteiger partial charge in [-0.25, -0.2) is 0 Å². The van der Waals surface area contributed by atoms with E-state index >= 15 is 0 Å². The maximum atomic E-state index is 12.3. The van der Waals surface area contributed by atoms with Gasteiger partial charge in [0.25, 0.3) is 0 Å². The van der Waals surface area contributed by atoms with Crippen LogP contribution >= 0.6 is 0 Å². The van der Waals surface area contributed by atoms with Gasteiger partial charge in [-0.1, -0.05) is 39.7 Å². The van der Waals surface area contributed by atoms with Crippen molar-refractivity contribution in [3.05, 3.63) is 23.3 Å². The zero-order valence-corrected chi connectivity index (χ0v) is 14.6. The Morgan fingerprint density at radius 2 is 1.91 bits per heavy atom. The molecule has 1 nitrogen and oxygen atoms in total. The van der Waals surface area contributed by atoms with Crippen LogP contribution in [0.1, 0.15) is 60.3 Å². The van der Waals surface area contributed by atoms with Crippen LogP contribution in [-0.2, 0) is 4.79 Å². The summed E-state index contributed by atoms with van der Waals surface area (Å²) in [5, 5.41) is 0. The second-order valence-corrected chi connectivity index (χ2v) is 8.64. The third-order valence-corrected chi connectivity index (χ3v) is 7.34. The predicted octanol–water partition coefficient (Wildman–Crippen LogP) is 4.93. The maximum Gasteiger partial charge on any atom is 0.181 e. The molecule has 3 aliphatic carbocycles. The van der Waals surface area contributed by atoms with Crippen molar-refractivity contribution in [2.75, 3.05) is 0 Å². The summed E-state index contributed by atoms with van der Waals surface area (Å²) in [5.41, 5.74) is 2.09. The predicted molar refractivity (Wildman–Crippen MR) is 91.1 cm³/mol. The van der Waals surface area contributed by atoms with Crippen molar-refractivity contribution in [1.29, 1.82) is 0 Å². The molecule has 118 valence electrons. The van der Waals surface area contributed by atoms with Gasteiger partial charge in [-0.2, -0.15) is 0 Å². The number of allylic oxidation sites excluding steroid dienone is 4. The summed E-state index contributed by atoms with van der Waals surface area (Å²) >= 11 is 0. The molecule has 0 radical (unpaired) electrons. The molecule has 3 aliphatic rings. The van der Waals surface area contributed by atoms with E-state index in [0.29, 0.717) is 11.3 Å². The van der Waals surface area contributed by atoms with Crippen molar-refractivity contribution in [2.45, 2.75) is 60.3 Å². The summed E-state index contributed by atoms with van der Waals surface area (Å²) in [6.45, 7) is 11.5. The second-order valence-electron chi connectivity index (χ2n) is 8.64. The Labute approximate surface area is 135 Å². The first-order valence-electron chi connectivity index (χ1n) is 8.61. The van der Waals surface area contributed by atoms with Gasteiger partial charge in [0.2, 0.25) is 0 Å². The van der Waals surface area contributed by atoms with Gasteiger partial charge >= 0.3 is 0 Å². The number of rotatable bonds is 0. The lowest BCUT2D eigenvalue weighted by Gasteiger charge is -2.61. The highest BCUT2D eigenvalue weighted by Crippen LogP contribution is 2.66. The van der Waals surface area contributed by atoms with E-state index in [0.717, 1.165) is 30.8 Å². The summed E-state index contributed by atoms with van der Waals surface area (Å²) < 4.78 is 0. The number of carbonyl (C=O) groups is 1. The molecule has 0 bridgehead atoms. The molecule has 1 heteroatoms. The Balaban J connectivity index is 2.15. The van der Waals surface area contributed by atoms with Gasteiger partial charge in [-0.05, 0) is 72.5 Å². The van der Waals surface area contributed by atoms with E-state index in [9.17, 15) is 4.79 Å². The van der Waals surface area contributed by atoms with Crippen molar-refractivity contribution >= 4 is 5.78 Å². The first kappa shape index (κ1) is 15.6. The number of fused-ring (bicyclic) bond motifs is 3. The topological polar surface area (TPSA) is 17.1 Å². The van der Waals surface area contributed by atoms with Gasteiger partial charge in [-0.3, -0.25) is 4.79 Å². The van der Waals surface area contributed by atoms with Crippen LogP contribution in [-0.4, -0.2) is 5.78 Å². The van der Waals surface area contributed by atoms with Gasteiger partial charge in [-0.15, -0.1) is 6.42 Å². The molecular formula is C21H28O. The largest absolute Gasteiger partial charge is 0.290 e. The lowest BCUT2D eigenvalue weighted by molar-refractivity contribution is -0.112. The van der Waals surface area contributed by atoms with Gasteiger partial charge in [0.15, 0.2) is 5.78 Å². The Kier molecular flexibility index (Phi) is 3.27. The van der Waals surface area contributed by atoms with Crippen molar-refractivity contribution in [1.82, 2.24) is 0 Å². The molecule has 4 atom stereocenters. The summed E-state index contributed by atoms with van der Waals surface area (Å²) in [6.07, 6.45) is 14.5. The molecular weight excluding hydrogens is 268 g/mol. The first-order valence-corrected chi connectivity index (χ1v) is 8.61. The van der Waals surface area contributed by atoms with E-state index in [2.05, 4.69) is 39.7 Å². The van der Waals surface area contributed by atoms with E-state index in [4.69, 9.17) is 6.42 Å². The fourth-order valence-electron chi connectivity index (χ4n) is 5.58. The average Bonchev–Trinajstić information content (AvgIpc) is 2.46. The zero-order chi connectivity index (χ0) is 16.3. The molecule has 0 unspecified atom stereocenters. The number of carbonyl (C=O) groups excluding carboxylic acids is 1. The Hall–Kier alpha value is -1.29. The highest BCUT2D eigenvalue weighted by atomic mass is 16.1. The van der Waals surface area contributed by atoms with Crippen molar-refractivity contribution in [3.8, 4) is 12.3 Å². The normalized spacial score (nSPS) is 43.4. The smallest absolute Gasteiger partial charge is 0.181 e. The molecule has 2 saturated carbocycles. The number of hydrogen-bond acceptors (Lipinski definition) is 1. The Morgan fingerprint density at radius 1 is 1.23 bits per heavy atom. The van der Waals surface area contributed by atoms with E-state index in [1.54, 1.807) is 0 Å². The van der Waals surface area contributed by atoms with Crippen molar-refractivity contribution in [3.63, 3.8) is 0 Å². The maximum absolute atomic E-state index is 12.3. The van der Waals surface area contributed by atoms with Crippen molar-refractivity contribution in [2.24, 2.45) is 28.1 Å². The van der Waals surface area contributed by atoms with Crippen LogP contribution in [0.15, 0.2) is 23.3 Å². The Morgan fingerprint density at radius 3 is 2.55 bits per heavy atom. The van der Waals surface area contributed by atoms with Crippen molar-refractivity contribution < 1.29 is 4.79 Å². The number of terminal acetylenes is 1. The second kappa shape index (κ2) is 4.60. The standard InChI is InChI=1S/C21H28O/c1-7-21-11-9-17-19(4,5)15(3)8-10-20(17,6)18(21)12-16(22)14(2)13-21/h1,12-13,15,17H,8-11H2,2-6H3/t15-,17-,20-,21-/m0/s1. The monoisotopic (exact) mass is 296 g/mol.